The van der Waals surface area contributed by atoms with Gasteiger partial charge in [0.25, 0.3) is 0 Å². The lowest BCUT2D eigenvalue weighted by atomic mass is 10.3. The highest BCUT2D eigenvalue weighted by atomic mass is 32.1. The molecule has 0 spiro atoms. The number of rotatable bonds is 3. The minimum absolute atomic E-state index is 0.212. The van der Waals surface area contributed by atoms with Crippen LogP contribution in [-0.2, 0) is 11.2 Å². The van der Waals surface area contributed by atoms with Crippen LogP contribution in [0.3, 0.4) is 0 Å². The summed E-state index contributed by atoms with van der Waals surface area (Å²) in [6.07, 6.45) is 4.86. The second-order valence-corrected chi connectivity index (χ2v) is 4.25. The van der Waals surface area contributed by atoms with Crippen molar-refractivity contribution < 1.29 is 4.79 Å². The van der Waals surface area contributed by atoms with E-state index in [1.807, 2.05) is 4.90 Å². The Bertz CT molecular complexity index is 312. The summed E-state index contributed by atoms with van der Waals surface area (Å²) in [5.41, 5.74) is 1.07. The summed E-state index contributed by atoms with van der Waals surface area (Å²) in [5.74, 6) is 0.213. The monoisotopic (exact) mass is 211 g/mol. The topological polar surface area (TPSA) is 49.0 Å². The largest absolute Gasteiger partial charge is 0.348 e. The van der Waals surface area contributed by atoms with Gasteiger partial charge < -0.3 is 9.88 Å². The Labute approximate surface area is 88.1 Å². The number of aromatic nitrogens is 2. The average Bonchev–Trinajstić information content (AvgIpc) is 2.72. The fourth-order valence-corrected chi connectivity index (χ4v) is 2.00. The maximum Gasteiger partial charge on any atom is 0.223 e. The Balaban J connectivity index is 1.84. The summed E-state index contributed by atoms with van der Waals surface area (Å²) in [7, 11) is 0. The fourth-order valence-electron chi connectivity index (χ4n) is 1.64. The van der Waals surface area contributed by atoms with Crippen LogP contribution in [-0.4, -0.2) is 39.1 Å². The Morgan fingerprint density at radius 3 is 3.14 bits per heavy atom. The number of hydrogen-bond donors (Lipinski definition) is 2. The SMILES string of the molecule is O=C1CC(S)CN1CCc1cnc[nH]1. The Morgan fingerprint density at radius 1 is 1.71 bits per heavy atom. The molecule has 0 saturated carbocycles. The van der Waals surface area contributed by atoms with Crippen LogP contribution in [0.2, 0.25) is 0 Å². The first-order valence-electron chi connectivity index (χ1n) is 4.69. The van der Waals surface area contributed by atoms with E-state index in [4.69, 9.17) is 0 Å². The number of hydrogen-bond acceptors (Lipinski definition) is 3. The number of nitrogens with zero attached hydrogens (tertiary/aromatic N) is 2. The summed E-state index contributed by atoms with van der Waals surface area (Å²) in [6, 6.07) is 0. The second-order valence-electron chi connectivity index (χ2n) is 3.52. The van der Waals surface area contributed by atoms with Crippen molar-refractivity contribution in [2.75, 3.05) is 13.1 Å². The number of carbonyl (C=O) groups is 1. The normalized spacial score (nSPS) is 21.9. The first-order chi connectivity index (χ1) is 6.75. The van der Waals surface area contributed by atoms with Gasteiger partial charge in [-0.3, -0.25) is 4.79 Å². The van der Waals surface area contributed by atoms with Gasteiger partial charge in [-0.15, -0.1) is 0 Å². The number of aromatic amines is 1. The van der Waals surface area contributed by atoms with Crippen LogP contribution in [0.25, 0.3) is 0 Å². The molecule has 1 unspecified atom stereocenters. The number of likely N-dealkylation sites (tertiary alicyclic amines) is 1. The minimum atomic E-state index is 0.212. The molecule has 76 valence electrons. The number of carbonyl (C=O) groups excluding carboxylic acids is 1. The molecule has 1 aromatic heterocycles. The van der Waals surface area contributed by atoms with E-state index in [-0.39, 0.29) is 11.2 Å². The van der Waals surface area contributed by atoms with E-state index < -0.39 is 0 Å². The van der Waals surface area contributed by atoms with Crippen molar-refractivity contribution in [1.82, 2.24) is 14.9 Å². The molecular formula is C9H13N3OS. The van der Waals surface area contributed by atoms with Gasteiger partial charge in [-0.25, -0.2) is 4.98 Å². The molecule has 1 saturated heterocycles. The Morgan fingerprint density at radius 2 is 2.57 bits per heavy atom. The third-order valence-electron chi connectivity index (χ3n) is 2.40. The predicted molar refractivity (Wildman–Crippen MR) is 56.3 cm³/mol. The van der Waals surface area contributed by atoms with Crippen LogP contribution in [0.5, 0.6) is 0 Å². The van der Waals surface area contributed by atoms with Gasteiger partial charge in [-0.1, -0.05) is 0 Å². The first-order valence-corrected chi connectivity index (χ1v) is 5.20. The smallest absolute Gasteiger partial charge is 0.223 e. The molecule has 1 aliphatic heterocycles. The van der Waals surface area contributed by atoms with Gasteiger partial charge in [0, 0.05) is 43.1 Å². The molecule has 5 heteroatoms. The van der Waals surface area contributed by atoms with Crippen LogP contribution >= 0.6 is 12.6 Å². The average molecular weight is 211 g/mol. The Kier molecular flexibility index (Phi) is 2.77. The molecule has 1 N–H and O–H groups in total. The summed E-state index contributed by atoms with van der Waals surface area (Å²) < 4.78 is 0. The zero-order valence-electron chi connectivity index (χ0n) is 7.81. The summed E-state index contributed by atoms with van der Waals surface area (Å²) in [5, 5.41) is 0.212. The van der Waals surface area contributed by atoms with E-state index in [9.17, 15) is 4.79 Å². The molecular weight excluding hydrogens is 198 g/mol. The maximum absolute atomic E-state index is 11.4. The standard InChI is InChI=1S/C9H13N3OS/c13-9-3-8(14)5-12(9)2-1-7-4-10-6-11-7/h4,6,8,14H,1-3,5H2,(H,10,11). The van der Waals surface area contributed by atoms with E-state index in [0.29, 0.717) is 6.42 Å². The molecule has 1 atom stereocenters. The van der Waals surface area contributed by atoms with Gasteiger partial charge in [0.15, 0.2) is 0 Å². The molecule has 14 heavy (non-hydrogen) atoms. The molecule has 4 nitrogen and oxygen atoms in total. The van der Waals surface area contributed by atoms with Gasteiger partial charge in [0.05, 0.1) is 6.33 Å². The number of amides is 1. The molecule has 2 rings (SSSR count). The number of H-pyrrole nitrogens is 1. The quantitative estimate of drug-likeness (QED) is 0.715. The highest BCUT2D eigenvalue weighted by Crippen LogP contribution is 2.15. The van der Waals surface area contributed by atoms with Crippen molar-refractivity contribution in [2.45, 2.75) is 18.1 Å². The number of thiol groups is 1. The zero-order chi connectivity index (χ0) is 9.97. The third kappa shape index (κ3) is 2.09. The van der Waals surface area contributed by atoms with Crippen molar-refractivity contribution in [1.29, 1.82) is 0 Å². The van der Waals surface area contributed by atoms with Gasteiger partial charge in [0.1, 0.15) is 0 Å². The summed E-state index contributed by atoms with van der Waals surface area (Å²) >= 11 is 4.30. The zero-order valence-corrected chi connectivity index (χ0v) is 8.70. The van der Waals surface area contributed by atoms with Crippen LogP contribution in [0.1, 0.15) is 12.1 Å². The summed E-state index contributed by atoms with van der Waals surface area (Å²) in [4.78, 5) is 20.2. The van der Waals surface area contributed by atoms with E-state index in [0.717, 1.165) is 25.2 Å². The van der Waals surface area contributed by atoms with Crippen molar-refractivity contribution in [3.8, 4) is 0 Å². The fraction of sp³-hybridized carbons (Fsp3) is 0.556. The van der Waals surface area contributed by atoms with E-state index in [1.165, 1.54) is 0 Å². The van der Waals surface area contributed by atoms with Crippen molar-refractivity contribution in [3.63, 3.8) is 0 Å². The molecule has 1 aromatic rings. The third-order valence-corrected chi connectivity index (χ3v) is 2.75. The van der Waals surface area contributed by atoms with E-state index in [1.54, 1.807) is 12.5 Å². The highest BCUT2D eigenvalue weighted by molar-refractivity contribution is 7.81. The molecule has 1 fully saturated rings. The predicted octanol–water partition coefficient (Wildman–Crippen LogP) is 0.483. The molecule has 1 amide bonds. The molecule has 0 aromatic carbocycles. The van der Waals surface area contributed by atoms with Crippen molar-refractivity contribution in [2.24, 2.45) is 0 Å². The minimum Gasteiger partial charge on any atom is -0.348 e. The first kappa shape index (κ1) is 9.58. The Hall–Kier alpha value is -0.970. The second kappa shape index (κ2) is 4.04. The lowest BCUT2D eigenvalue weighted by Crippen LogP contribution is -2.27. The molecule has 2 heterocycles. The summed E-state index contributed by atoms with van der Waals surface area (Å²) in [6.45, 7) is 1.54. The lowest BCUT2D eigenvalue weighted by Gasteiger charge is -2.14. The van der Waals surface area contributed by atoms with Crippen LogP contribution in [0.15, 0.2) is 12.5 Å². The van der Waals surface area contributed by atoms with Gasteiger partial charge >= 0.3 is 0 Å². The molecule has 0 bridgehead atoms. The van der Waals surface area contributed by atoms with Crippen LogP contribution in [0, 0.1) is 0 Å². The van der Waals surface area contributed by atoms with E-state index in [2.05, 4.69) is 22.6 Å². The van der Waals surface area contributed by atoms with Gasteiger partial charge in [0.2, 0.25) is 5.91 Å². The van der Waals surface area contributed by atoms with Crippen LogP contribution in [0.4, 0.5) is 0 Å². The number of nitrogens with one attached hydrogen (secondary N) is 1. The van der Waals surface area contributed by atoms with Crippen molar-refractivity contribution in [3.05, 3.63) is 18.2 Å². The van der Waals surface area contributed by atoms with Crippen LogP contribution < -0.4 is 0 Å². The molecule has 0 aliphatic carbocycles. The number of imidazole rings is 1. The maximum atomic E-state index is 11.4. The lowest BCUT2D eigenvalue weighted by molar-refractivity contribution is -0.127. The van der Waals surface area contributed by atoms with Crippen molar-refractivity contribution >= 4 is 18.5 Å². The van der Waals surface area contributed by atoms with E-state index >= 15 is 0 Å². The molecule has 1 aliphatic rings. The van der Waals surface area contributed by atoms with Gasteiger partial charge in [-0.2, -0.15) is 12.6 Å². The highest BCUT2D eigenvalue weighted by Gasteiger charge is 2.26. The van der Waals surface area contributed by atoms with Gasteiger partial charge in [-0.05, 0) is 0 Å². The molecule has 0 radical (unpaired) electrons.